The Morgan fingerprint density at radius 3 is 2.88 bits per heavy atom. The van der Waals surface area contributed by atoms with E-state index in [1.165, 1.54) is 0 Å². The van der Waals surface area contributed by atoms with Gasteiger partial charge in [0.15, 0.2) is 0 Å². The van der Waals surface area contributed by atoms with Gasteiger partial charge in [-0.2, -0.15) is 0 Å². The minimum absolute atomic E-state index is 0.274. The number of esters is 1. The standard InChI is InChI=1S/C15H14O2/c1-3-11-8-9-13-12(10-11)6-5-7-14(13)15(16)17-4-2/h3,5-10H,1,4H2,2H3. The summed E-state index contributed by atoms with van der Waals surface area (Å²) in [5, 5.41) is 1.93. The van der Waals surface area contributed by atoms with E-state index in [9.17, 15) is 4.79 Å². The summed E-state index contributed by atoms with van der Waals surface area (Å²) in [5.74, 6) is -0.274. The first-order valence-electron chi connectivity index (χ1n) is 5.58. The Kier molecular flexibility index (Phi) is 3.24. The molecule has 0 N–H and O–H groups in total. The molecule has 2 heteroatoms. The number of fused-ring (bicyclic) bond motifs is 1. The predicted octanol–water partition coefficient (Wildman–Crippen LogP) is 3.66. The van der Waals surface area contributed by atoms with Crippen LogP contribution in [0.3, 0.4) is 0 Å². The molecule has 2 nitrogen and oxygen atoms in total. The maximum absolute atomic E-state index is 11.8. The van der Waals surface area contributed by atoms with Gasteiger partial charge >= 0.3 is 5.97 Å². The lowest BCUT2D eigenvalue weighted by molar-refractivity contribution is 0.0528. The molecule has 0 aliphatic carbocycles. The fourth-order valence-corrected chi connectivity index (χ4v) is 1.82. The van der Waals surface area contributed by atoms with Gasteiger partial charge < -0.3 is 4.74 Å². The Balaban J connectivity index is 2.57. The zero-order valence-electron chi connectivity index (χ0n) is 9.77. The highest BCUT2D eigenvalue weighted by atomic mass is 16.5. The highest BCUT2D eigenvalue weighted by Gasteiger charge is 2.10. The Hall–Kier alpha value is -2.09. The maximum atomic E-state index is 11.8. The molecule has 0 heterocycles. The van der Waals surface area contributed by atoms with E-state index in [4.69, 9.17) is 4.74 Å². The van der Waals surface area contributed by atoms with Crippen molar-refractivity contribution >= 4 is 22.8 Å². The summed E-state index contributed by atoms with van der Waals surface area (Å²) in [6.07, 6.45) is 1.79. The van der Waals surface area contributed by atoms with Gasteiger partial charge in [0.25, 0.3) is 0 Å². The number of ether oxygens (including phenoxy) is 1. The Bertz CT molecular complexity index is 570. The van der Waals surface area contributed by atoms with Crippen LogP contribution in [-0.2, 0) is 4.74 Å². The van der Waals surface area contributed by atoms with Crippen molar-refractivity contribution in [1.82, 2.24) is 0 Å². The van der Waals surface area contributed by atoms with Crippen LogP contribution in [0.4, 0.5) is 0 Å². The third kappa shape index (κ3) is 2.21. The molecule has 2 aromatic rings. The van der Waals surface area contributed by atoms with Gasteiger partial charge in [0, 0.05) is 0 Å². The second kappa shape index (κ2) is 4.83. The number of hydrogen-bond donors (Lipinski definition) is 0. The summed E-state index contributed by atoms with van der Waals surface area (Å²) in [5.41, 5.74) is 1.65. The average molecular weight is 226 g/mol. The number of rotatable bonds is 3. The molecule has 0 amide bonds. The molecule has 0 aliphatic rings. The van der Waals surface area contributed by atoms with E-state index < -0.39 is 0 Å². The van der Waals surface area contributed by atoms with E-state index in [0.29, 0.717) is 12.2 Å². The molecule has 0 fully saturated rings. The fraction of sp³-hybridized carbons (Fsp3) is 0.133. The van der Waals surface area contributed by atoms with Crippen LogP contribution >= 0.6 is 0 Å². The van der Waals surface area contributed by atoms with Crippen molar-refractivity contribution in [2.45, 2.75) is 6.92 Å². The molecular weight excluding hydrogens is 212 g/mol. The molecule has 0 aromatic heterocycles. The summed E-state index contributed by atoms with van der Waals surface area (Å²) in [4.78, 5) is 11.8. The zero-order chi connectivity index (χ0) is 12.3. The van der Waals surface area contributed by atoms with E-state index in [2.05, 4.69) is 6.58 Å². The van der Waals surface area contributed by atoms with Crippen molar-refractivity contribution in [3.05, 3.63) is 54.1 Å². The molecular formula is C15H14O2. The molecule has 86 valence electrons. The molecule has 0 spiro atoms. The molecule has 2 aromatic carbocycles. The van der Waals surface area contributed by atoms with Crippen LogP contribution in [0.2, 0.25) is 0 Å². The molecule has 0 radical (unpaired) electrons. The van der Waals surface area contributed by atoms with E-state index in [1.54, 1.807) is 19.1 Å². The summed E-state index contributed by atoms with van der Waals surface area (Å²) in [7, 11) is 0. The molecule has 0 bridgehead atoms. The molecule has 0 saturated heterocycles. The Morgan fingerprint density at radius 1 is 1.35 bits per heavy atom. The van der Waals surface area contributed by atoms with Gasteiger partial charge in [0.05, 0.1) is 12.2 Å². The lowest BCUT2D eigenvalue weighted by Gasteiger charge is -2.06. The van der Waals surface area contributed by atoms with Gasteiger partial charge in [0.1, 0.15) is 0 Å². The van der Waals surface area contributed by atoms with Gasteiger partial charge in [-0.1, -0.05) is 36.9 Å². The lowest BCUT2D eigenvalue weighted by Crippen LogP contribution is -2.05. The number of benzene rings is 2. The van der Waals surface area contributed by atoms with Crippen LogP contribution in [0.5, 0.6) is 0 Å². The molecule has 0 aliphatic heterocycles. The van der Waals surface area contributed by atoms with Gasteiger partial charge in [-0.15, -0.1) is 0 Å². The minimum atomic E-state index is -0.274. The van der Waals surface area contributed by atoms with Crippen molar-refractivity contribution in [3.63, 3.8) is 0 Å². The van der Waals surface area contributed by atoms with E-state index in [1.807, 2.05) is 30.3 Å². The highest BCUT2D eigenvalue weighted by Crippen LogP contribution is 2.21. The molecule has 17 heavy (non-hydrogen) atoms. The van der Waals surface area contributed by atoms with E-state index in [-0.39, 0.29) is 5.97 Å². The van der Waals surface area contributed by atoms with Crippen LogP contribution in [0.1, 0.15) is 22.8 Å². The van der Waals surface area contributed by atoms with Crippen LogP contribution in [0.25, 0.3) is 16.8 Å². The van der Waals surface area contributed by atoms with Crippen molar-refractivity contribution in [3.8, 4) is 0 Å². The second-order valence-electron chi connectivity index (χ2n) is 3.71. The monoisotopic (exact) mass is 226 g/mol. The third-order valence-electron chi connectivity index (χ3n) is 2.64. The van der Waals surface area contributed by atoms with Crippen molar-refractivity contribution < 1.29 is 9.53 Å². The predicted molar refractivity (Wildman–Crippen MR) is 70.0 cm³/mol. The van der Waals surface area contributed by atoms with E-state index in [0.717, 1.165) is 16.3 Å². The molecule has 0 unspecified atom stereocenters. The average Bonchev–Trinajstić information content (AvgIpc) is 2.37. The minimum Gasteiger partial charge on any atom is -0.462 e. The summed E-state index contributed by atoms with van der Waals surface area (Å²) in [6, 6.07) is 11.5. The normalized spacial score (nSPS) is 10.2. The van der Waals surface area contributed by atoms with Gasteiger partial charge in [-0.3, -0.25) is 0 Å². The molecule has 0 saturated carbocycles. The number of carbonyl (C=O) groups is 1. The van der Waals surface area contributed by atoms with Crippen molar-refractivity contribution in [2.24, 2.45) is 0 Å². The topological polar surface area (TPSA) is 26.3 Å². The fourth-order valence-electron chi connectivity index (χ4n) is 1.82. The SMILES string of the molecule is C=Cc1ccc2c(C(=O)OCC)cccc2c1. The van der Waals surface area contributed by atoms with Crippen LogP contribution in [0.15, 0.2) is 43.0 Å². The molecule has 0 atom stereocenters. The first kappa shape index (κ1) is 11.4. The first-order valence-corrected chi connectivity index (χ1v) is 5.58. The van der Waals surface area contributed by atoms with Crippen molar-refractivity contribution in [2.75, 3.05) is 6.61 Å². The smallest absolute Gasteiger partial charge is 0.338 e. The summed E-state index contributed by atoms with van der Waals surface area (Å²) in [6.45, 7) is 5.93. The van der Waals surface area contributed by atoms with Gasteiger partial charge in [-0.05, 0) is 35.4 Å². The van der Waals surface area contributed by atoms with Crippen molar-refractivity contribution in [1.29, 1.82) is 0 Å². The quantitative estimate of drug-likeness (QED) is 0.746. The Morgan fingerprint density at radius 2 is 2.18 bits per heavy atom. The summed E-state index contributed by atoms with van der Waals surface area (Å²) < 4.78 is 5.03. The van der Waals surface area contributed by atoms with Crippen LogP contribution in [0, 0.1) is 0 Å². The molecule has 2 rings (SSSR count). The number of hydrogen-bond acceptors (Lipinski definition) is 2. The van der Waals surface area contributed by atoms with Crippen LogP contribution < -0.4 is 0 Å². The zero-order valence-corrected chi connectivity index (χ0v) is 9.77. The highest BCUT2D eigenvalue weighted by molar-refractivity contribution is 6.04. The van der Waals surface area contributed by atoms with Crippen LogP contribution in [-0.4, -0.2) is 12.6 Å². The maximum Gasteiger partial charge on any atom is 0.338 e. The number of carbonyl (C=O) groups excluding carboxylic acids is 1. The second-order valence-corrected chi connectivity index (χ2v) is 3.71. The van der Waals surface area contributed by atoms with Gasteiger partial charge in [-0.25, -0.2) is 4.79 Å². The first-order chi connectivity index (χ1) is 8.26. The third-order valence-corrected chi connectivity index (χ3v) is 2.64. The van der Waals surface area contributed by atoms with E-state index >= 15 is 0 Å². The lowest BCUT2D eigenvalue weighted by atomic mass is 10.0. The van der Waals surface area contributed by atoms with Gasteiger partial charge in [0.2, 0.25) is 0 Å². The summed E-state index contributed by atoms with van der Waals surface area (Å²) >= 11 is 0. The largest absolute Gasteiger partial charge is 0.462 e. The Labute approximate surface area is 101 Å².